The smallest absolute Gasteiger partial charge is 0.261 e. The van der Waals surface area contributed by atoms with Gasteiger partial charge >= 0.3 is 0 Å². The fraction of sp³-hybridized carbons (Fsp3) is 0.182. The van der Waals surface area contributed by atoms with Gasteiger partial charge in [-0.1, -0.05) is 12.1 Å². The van der Waals surface area contributed by atoms with Gasteiger partial charge in [0.2, 0.25) is 0 Å². The van der Waals surface area contributed by atoms with Crippen molar-refractivity contribution in [2.75, 3.05) is 6.54 Å². The van der Waals surface area contributed by atoms with Gasteiger partial charge in [0.15, 0.2) is 0 Å². The van der Waals surface area contributed by atoms with Crippen molar-refractivity contribution in [2.24, 2.45) is 0 Å². The summed E-state index contributed by atoms with van der Waals surface area (Å²) in [6.07, 6.45) is 0.172. The number of hydrogen-bond donors (Lipinski definition) is 0. The maximum atomic E-state index is 11.7. The SMILES string of the molecule is N#CCCN1C(=O)c2ccccc2C1=O. The summed E-state index contributed by atoms with van der Waals surface area (Å²) in [5.41, 5.74) is 0.862. The summed E-state index contributed by atoms with van der Waals surface area (Å²) < 4.78 is 0. The molecule has 0 aliphatic carbocycles. The molecule has 0 N–H and O–H groups in total. The van der Waals surface area contributed by atoms with Gasteiger partial charge in [-0.25, -0.2) is 0 Å². The predicted octanol–water partition coefficient (Wildman–Crippen LogP) is 1.20. The maximum Gasteiger partial charge on any atom is 0.261 e. The lowest BCUT2D eigenvalue weighted by molar-refractivity contribution is 0.0658. The van der Waals surface area contributed by atoms with Crippen LogP contribution in [0.2, 0.25) is 0 Å². The number of rotatable bonds is 2. The second-order valence-electron chi connectivity index (χ2n) is 3.22. The van der Waals surface area contributed by atoms with Gasteiger partial charge < -0.3 is 0 Å². The van der Waals surface area contributed by atoms with Crippen LogP contribution >= 0.6 is 0 Å². The van der Waals surface area contributed by atoms with Gasteiger partial charge in [-0.15, -0.1) is 0 Å². The first-order chi connectivity index (χ1) is 7.25. The van der Waals surface area contributed by atoms with E-state index in [-0.39, 0.29) is 24.8 Å². The van der Waals surface area contributed by atoms with E-state index in [9.17, 15) is 9.59 Å². The summed E-state index contributed by atoms with van der Waals surface area (Å²) in [6, 6.07) is 8.61. The molecule has 4 heteroatoms. The van der Waals surface area contributed by atoms with E-state index in [4.69, 9.17) is 5.26 Å². The lowest BCUT2D eigenvalue weighted by atomic mass is 10.1. The molecule has 4 nitrogen and oxygen atoms in total. The molecule has 0 unspecified atom stereocenters. The van der Waals surface area contributed by atoms with Crippen LogP contribution in [0, 0.1) is 11.3 Å². The number of fused-ring (bicyclic) bond motifs is 1. The predicted molar refractivity (Wildman–Crippen MR) is 52.0 cm³/mol. The van der Waals surface area contributed by atoms with Crippen molar-refractivity contribution in [3.63, 3.8) is 0 Å². The van der Waals surface area contributed by atoms with E-state index in [2.05, 4.69) is 0 Å². The van der Waals surface area contributed by atoms with Crippen molar-refractivity contribution in [1.82, 2.24) is 4.90 Å². The Kier molecular flexibility index (Phi) is 2.22. The van der Waals surface area contributed by atoms with Gasteiger partial charge in [-0.2, -0.15) is 5.26 Å². The average molecular weight is 200 g/mol. The summed E-state index contributed by atoms with van der Waals surface area (Å²) in [7, 11) is 0. The fourth-order valence-corrected chi connectivity index (χ4v) is 1.60. The van der Waals surface area contributed by atoms with Crippen LogP contribution < -0.4 is 0 Å². The first kappa shape index (κ1) is 9.41. The zero-order valence-corrected chi connectivity index (χ0v) is 7.93. The zero-order valence-electron chi connectivity index (χ0n) is 7.93. The standard InChI is InChI=1S/C11H8N2O2/c12-6-3-7-13-10(14)8-4-1-2-5-9(8)11(13)15/h1-2,4-5H,3,7H2. The molecule has 1 aromatic rings. The lowest BCUT2D eigenvalue weighted by Gasteiger charge is -2.10. The quantitative estimate of drug-likeness (QED) is 0.674. The largest absolute Gasteiger partial charge is 0.273 e. The highest BCUT2D eigenvalue weighted by molar-refractivity contribution is 6.21. The topological polar surface area (TPSA) is 61.2 Å². The molecular formula is C11H8N2O2. The maximum absolute atomic E-state index is 11.7. The highest BCUT2D eigenvalue weighted by Gasteiger charge is 2.34. The van der Waals surface area contributed by atoms with Gasteiger partial charge in [0.25, 0.3) is 11.8 Å². The zero-order chi connectivity index (χ0) is 10.8. The van der Waals surface area contributed by atoms with E-state index in [0.717, 1.165) is 4.90 Å². The number of hydrogen-bond acceptors (Lipinski definition) is 3. The van der Waals surface area contributed by atoms with Gasteiger partial charge in [-0.05, 0) is 12.1 Å². The second-order valence-corrected chi connectivity index (χ2v) is 3.22. The summed E-state index contributed by atoms with van der Waals surface area (Å²) in [6.45, 7) is 0.169. The molecule has 0 saturated carbocycles. The molecule has 1 heterocycles. The van der Waals surface area contributed by atoms with Gasteiger partial charge in [0.05, 0.1) is 23.6 Å². The lowest BCUT2D eigenvalue weighted by Crippen LogP contribution is -2.30. The third kappa shape index (κ3) is 1.38. The summed E-state index contributed by atoms with van der Waals surface area (Å²) >= 11 is 0. The average Bonchev–Trinajstić information content (AvgIpc) is 2.51. The number of nitrogens with zero attached hydrogens (tertiary/aromatic N) is 2. The minimum absolute atomic E-state index is 0.169. The van der Waals surface area contributed by atoms with Crippen molar-refractivity contribution in [3.05, 3.63) is 35.4 Å². The van der Waals surface area contributed by atoms with Gasteiger partial charge in [-0.3, -0.25) is 14.5 Å². The third-order valence-electron chi connectivity index (χ3n) is 2.33. The Morgan fingerprint density at radius 2 is 1.67 bits per heavy atom. The molecule has 15 heavy (non-hydrogen) atoms. The summed E-state index contributed by atoms with van der Waals surface area (Å²) in [5, 5.41) is 8.42. The van der Waals surface area contributed by atoms with Crippen molar-refractivity contribution < 1.29 is 9.59 Å². The number of carbonyl (C=O) groups excluding carboxylic acids is 2. The molecule has 1 aromatic carbocycles. The first-order valence-corrected chi connectivity index (χ1v) is 4.58. The molecular weight excluding hydrogens is 192 g/mol. The van der Waals surface area contributed by atoms with Crippen LogP contribution in [-0.4, -0.2) is 23.3 Å². The Labute approximate surface area is 86.7 Å². The van der Waals surface area contributed by atoms with E-state index in [0.29, 0.717) is 11.1 Å². The minimum Gasteiger partial charge on any atom is -0.273 e. The number of nitriles is 1. The molecule has 0 fully saturated rings. The number of benzene rings is 1. The van der Waals surface area contributed by atoms with Crippen molar-refractivity contribution in [1.29, 1.82) is 5.26 Å². The van der Waals surface area contributed by atoms with Crippen LogP contribution in [0.5, 0.6) is 0 Å². The molecule has 1 aliphatic rings. The highest BCUT2D eigenvalue weighted by Crippen LogP contribution is 2.22. The molecule has 0 saturated heterocycles. The molecule has 0 spiro atoms. The van der Waals surface area contributed by atoms with Crippen molar-refractivity contribution >= 4 is 11.8 Å². The molecule has 2 amide bonds. The van der Waals surface area contributed by atoms with Crippen LogP contribution in [0.15, 0.2) is 24.3 Å². The van der Waals surface area contributed by atoms with E-state index in [1.807, 2.05) is 6.07 Å². The van der Waals surface area contributed by atoms with Crippen molar-refractivity contribution in [3.8, 4) is 6.07 Å². The minimum atomic E-state index is -0.300. The third-order valence-corrected chi connectivity index (χ3v) is 2.33. The van der Waals surface area contributed by atoms with Crippen LogP contribution in [0.3, 0.4) is 0 Å². The Bertz CT molecular complexity index is 439. The Balaban J connectivity index is 2.34. The second kappa shape index (κ2) is 3.54. The molecule has 0 atom stereocenters. The molecule has 2 rings (SSSR count). The van der Waals surface area contributed by atoms with E-state index >= 15 is 0 Å². The Hall–Kier alpha value is -2.15. The molecule has 74 valence electrons. The number of carbonyl (C=O) groups is 2. The molecule has 0 aromatic heterocycles. The first-order valence-electron chi connectivity index (χ1n) is 4.58. The van der Waals surface area contributed by atoms with Crippen molar-refractivity contribution in [2.45, 2.75) is 6.42 Å². The molecule has 0 radical (unpaired) electrons. The Morgan fingerprint density at radius 1 is 1.13 bits per heavy atom. The van der Waals surface area contributed by atoms with Gasteiger partial charge in [0.1, 0.15) is 0 Å². The van der Waals surface area contributed by atoms with Gasteiger partial charge in [0, 0.05) is 6.54 Å². The summed E-state index contributed by atoms with van der Waals surface area (Å²) in [5.74, 6) is -0.600. The molecule has 1 aliphatic heterocycles. The normalized spacial score (nSPS) is 13.9. The monoisotopic (exact) mass is 200 g/mol. The highest BCUT2D eigenvalue weighted by atomic mass is 16.2. The van der Waals surface area contributed by atoms with E-state index in [1.54, 1.807) is 24.3 Å². The fourth-order valence-electron chi connectivity index (χ4n) is 1.60. The molecule has 0 bridgehead atoms. The summed E-state index contributed by atoms with van der Waals surface area (Å²) in [4.78, 5) is 24.5. The van der Waals surface area contributed by atoms with Crippen LogP contribution in [0.1, 0.15) is 27.1 Å². The Morgan fingerprint density at radius 3 is 2.13 bits per heavy atom. The number of imide groups is 1. The van der Waals surface area contributed by atoms with Crippen LogP contribution in [0.4, 0.5) is 0 Å². The van der Waals surface area contributed by atoms with Crippen LogP contribution in [-0.2, 0) is 0 Å². The number of amides is 2. The van der Waals surface area contributed by atoms with E-state index < -0.39 is 0 Å². The van der Waals surface area contributed by atoms with Crippen LogP contribution in [0.25, 0.3) is 0 Å². The van der Waals surface area contributed by atoms with E-state index in [1.165, 1.54) is 0 Å².